The zero-order valence-corrected chi connectivity index (χ0v) is 12.9. The van der Waals surface area contributed by atoms with Crippen LogP contribution in [0.4, 0.5) is 0 Å². The first-order valence-electron chi connectivity index (χ1n) is 8.12. The molecule has 0 aromatic rings. The molecule has 0 amide bonds. The van der Waals surface area contributed by atoms with Crippen LogP contribution in [0.15, 0.2) is 0 Å². The molecular weight excluding hydrogens is 238 g/mol. The van der Waals surface area contributed by atoms with Crippen molar-refractivity contribution >= 4 is 0 Å². The van der Waals surface area contributed by atoms with Crippen molar-refractivity contribution in [3.63, 3.8) is 0 Å². The van der Waals surface area contributed by atoms with E-state index in [-0.39, 0.29) is 6.10 Å². The van der Waals surface area contributed by atoms with Gasteiger partial charge in [0.05, 0.1) is 12.2 Å². The lowest BCUT2D eigenvalue weighted by atomic mass is 9.80. The van der Waals surface area contributed by atoms with Crippen LogP contribution in [-0.4, -0.2) is 38.5 Å². The first-order chi connectivity index (χ1) is 9.24. The molecule has 0 aromatic heterocycles. The maximum Gasteiger partial charge on any atom is 0.0986 e. The fourth-order valence-electron chi connectivity index (χ4n) is 3.77. The Kier molecular flexibility index (Phi) is 6.11. The summed E-state index contributed by atoms with van der Waals surface area (Å²) in [6.45, 7) is 6.38. The molecule has 5 unspecified atom stereocenters. The molecule has 0 spiro atoms. The van der Waals surface area contributed by atoms with Crippen LogP contribution < -0.4 is 5.32 Å². The Morgan fingerprint density at radius 3 is 2.74 bits per heavy atom. The number of ether oxygens (including phenoxy) is 2. The maximum atomic E-state index is 5.66. The molecule has 5 atom stereocenters. The van der Waals surface area contributed by atoms with Gasteiger partial charge in [-0.3, -0.25) is 0 Å². The summed E-state index contributed by atoms with van der Waals surface area (Å²) in [5, 5.41) is 3.67. The van der Waals surface area contributed by atoms with E-state index in [0.29, 0.717) is 12.1 Å². The number of hydrogen-bond acceptors (Lipinski definition) is 3. The lowest BCUT2D eigenvalue weighted by molar-refractivity contribution is -0.131. The fourth-order valence-corrected chi connectivity index (χ4v) is 3.77. The van der Waals surface area contributed by atoms with Gasteiger partial charge < -0.3 is 14.8 Å². The molecule has 2 saturated carbocycles. The van der Waals surface area contributed by atoms with E-state index in [0.717, 1.165) is 31.4 Å². The third kappa shape index (κ3) is 4.17. The van der Waals surface area contributed by atoms with Gasteiger partial charge in [0.1, 0.15) is 0 Å². The summed E-state index contributed by atoms with van der Waals surface area (Å²) < 4.78 is 11.2. The van der Waals surface area contributed by atoms with Gasteiger partial charge in [-0.25, -0.2) is 0 Å². The monoisotopic (exact) mass is 269 g/mol. The highest BCUT2D eigenvalue weighted by atomic mass is 16.5. The van der Waals surface area contributed by atoms with E-state index >= 15 is 0 Å². The number of hydrogen-bond donors (Lipinski definition) is 1. The predicted octanol–water partition coefficient (Wildman–Crippen LogP) is 2.98. The second-order valence-electron chi connectivity index (χ2n) is 6.42. The van der Waals surface area contributed by atoms with Gasteiger partial charge in [0.2, 0.25) is 0 Å². The third-order valence-corrected chi connectivity index (χ3v) is 4.91. The summed E-state index contributed by atoms with van der Waals surface area (Å²) in [4.78, 5) is 0. The first kappa shape index (κ1) is 15.3. The lowest BCUT2D eigenvalue weighted by Crippen LogP contribution is -2.60. The van der Waals surface area contributed by atoms with Crippen LogP contribution in [0.25, 0.3) is 0 Å². The minimum absolute atomic E-state index is 0.255. The molecule has 0 aliphatic heterocycles. The third-order valence-electron chi connectivity index (χ3n) is 4.91. The molecule has 3 nitrogen and oxygen atoms in total. The van der Waals surface area contributed by atoms with Crippen molar-refractivity contribution in [2.75, 3.05) is 20.3 Å². The molecule has 1 N–H and O–H groups in total. The molecule has 2 fully saturated rings. The predicted molar refractivity (Wildman–Crippen MR) is 78.4 cm³/mol. The summed E-state index contributed by atoms with van der Waals surface area (Å²) >= 11 is 0. The Labute approximate surface area is 118 Å². The molecule has 2 aliphatic rings. The van der Waals surface area contributed by atoms with Crippen molar-refractivity contribution < 1.29 is 9.47 Å². The summed E-state index contributed by atoms with van der Waals surface area (Å²) in [5.41, 5.74) is 0. The van der Waals surface area contributed by atoms with Crippen molar-refractivity contribution in [2.24, 2.45) is 11.8 Å². The summed E-state index contributed by atoms with van der Waals surface area (Å²) in [5.74, 6) is 1.89. The molecule has 0 bridgehead atoms. The number of nitrogens with one attached hydrogen (secondary N) is 1. The van der Waals surface area contributed by atoms with Gasteiger partial charge in [-0.2, -0.15) is 0 Å². The van der Waals surface area contributed by atoms with Crippen LogP contribution in [0.5, 0.6) is 0 Å². The van der Waals surface area contributed by atoms with E-state index in [4.69, 9.17) is 9.47 Å². The van der Waals surface area contributed by atoms with Crippen molar-refractivity contribution in [2.45, 2.75) is 70.6 Å². The quantitative estimate of drug-likeness (QED) is 0.771. The van der Waals surface area contributed by atoms with Crippen molar-refractivity contribution in [3.8, 4) is 0 Å². The highest BCUT2D eigenvalue weighted by Gasteiger charge is 2.41. The molecule has 112 valence electrons. The van der Waals surface area contributed by atoms with E-state index in [9.17, 15) is 0 Å². The molecular formula is C16H31NO2. The first-order valence-corrected chi connectivity index (χ1v) is 8.12. The largest absolute Gasteiger partial charge is 0.377 e. The van der Waals surface area contributed by atoms with Gasteiger partial charge >= 0.3 is 0 Å². The van der Waals surface area contributed by atoms with E-state index in [1.807, 2.05) is 0 Å². The molecule has 2 rings (SSSR count). The van der Waals surface area contributed by atoms with Crippen LogP contribution in [0.1, 0.15) is 52.4 Å². The Hall–Kier alpha value is -0.120. The standard InChI is InChI=1S/C16H31NO2/c1-4-19-15-11-14(16(15)18-3)17-9-8-13-7-5-6-12(2)10-13/h12-17H,4-11H2,1-3H3. The Morgan fingerprint density at radius 2 is 2.05 bits per heavy atom. The minimum atomic E-state index is 0.255. The Bertz CT molecular complexity index is 259. The molecule has 0 saturated heterocycles. The lowest BCUT2D eigenvalue weighted by Gasteiger charge is -2.43. The van der Waals surface area contributed by atoms with Crippen LogP contribution in [0.3, 0.4) is 0 Å². The maximum absolute atomic E-state index is 5.66. The molecule has 2 aliphatic carbocycles. The van der Waals surface area contributed by atoms with Gasteiger partial charge in [-0.05, 0) is 44.6 Å². The van der Waals surface area contributed by atoms with Gasteiger partial charge in [0.15, 0.2) is 0 Å². The smallest absolute Gasteiger partial charge is 0.0986 e. The van der Waals surface area contributed by atoms with E-state index in [2.05, 4.69) is 19.2 Å². The molecule has 0 radical (unpaired) electrons. The van der Waals surface area contributed by atoms with Crippen molar-refractivity contribution in [3.05, 3.63) is 0 Å². The van der Waals surface area contributed by atoms with Crippen molar-refractivity contribution in [1.82, 2.24) is 5.32 Å². The highest BCUT2D eigenvalue weighted by Crippen LogP contribution is 2.31. The number of rotatable bonds is 7. The van der Waals surface area contributed by atoms with Crippen LogP contribution in [0, 0.1) is 11.8 Å². The zero-order chi connectivity index (χ0) is 13.7. The second-order valence-corrected chi connectivity index (χ2v) is 6.42. The summed E-state index contributed by atoms with van der Waals surface area (Å²) in [7, 11) is 1.80. The van der Waals surface area contributed by atoms with Crippen molar-refractivity contribution in [1.29, 1.82) is 0 Å². The summed E-state index contributed by atoms with van der Waals surface area (Å²) in [6.07, 6.45) is 8.74. The molecule has 0 heterocycles. The molecule has 19 heavy (non-hydrogen) atoms. The Morgan fingerprint density at radius 1 is 1.21 bits per heavy atom. The highest BCUT2D eigenvalue weighted by molar-refractivity contribution is 4.97. The zero-order valence-electron chi connectivity index (χ0n) is 12.9. The number of methoxy groups -OCH3 is 1. The van der Waals surface area contributed by atoms with Crippen LogP contribution >= 0.6 is 0 Å². The second kappa shape index (κ2) is 7.61. The van der Waals surface area contributed by atoms with Gasteiger partial charge in [-0.1, -0.05) is 26.2 Å². The van der Waals surface area contributed by atoms with Gasteiger partial charge in [-0.15, -0.1) is 0 Å². The van der Waals surface area contributed by atoms with Gasteiger partial charge in [0, 0.05) is 19.8 Å². The van der Waals surface area contributed by atoms with E-state index in [1.165, 1.54) is 32.1 Å². The van der Waals surface area contributed by atoms with E-state index < -0.39 is 0 Å². The molecule has 0 aromatic carbocycles. The van der Waals surface area contributed by atoms with Gasteiger partial charge in [0.25, 0.3) is 0 Å². The topological polar surface area (TPSA) is 30.5 Å². The average Bonchev–Trinajstić information content (AvgIpc) is 2.37. The summed E-state index contributed by atoms with van der Waals surface area (Å²) in [6, 6.07) is 0.502. The van der Waals surface area contributed by atoms with E-state index in [1.54, 1.807) is 7.11 Å². The average molecular weight is 269 g/mol. The Balaban J connectivity index is 1.61. The normalized spacial score (nSPS) is 39.0. The van der Waals surface area contributed by atoms with Crippen LogP contribution in [-0.2, 0) is 9.47 Å². The SMILES string of the molecule is CCOC1CC(NCCC2CCCC(C)C2)C1OC. The minimum Gasteiger partial charge on any atom is -0.377 e. The molecule has 3 heteroatoms. The fraction of sp³-hybridized carbons (Fsp3) is 1.00. The van der Waals surface area contributed by atoms with Crippen LogP contribution in [0.2, 0.25) is 0 Å².